The van der Waals surface area contributed by atoms with Gasteiger partial charge in [0.05, 0.1) is 10.5 Å². The molecule has 0 radical (unpaired) electrons. The summed E-state index contributed by atoms with van der Waals surface area (Å²) in [7, 11) is 0. The summed E-state index contributed by atoms with van der Waals surface area (Å²) in [6.45, 7) is 4.27. The van der Waals surface area contributed by atoms with Crippen molar-refractivity contribution in [2.45, 2.75) is 57.9 Å². The molecular formula is C14H24N2OS. The molecule has 0 aromatic heterocycles. The number of nitrogens with two attached hydrogens (primary N) is 1. The van der Waals surface area contributed by atoms with Crippen LogP contribution in [0.5, 0.6) is 0 Å². The number of carbonyl (C=O) groups is 1. The lowest BCUT2D eigenvalue weighted by Gasteiger charge is -2.40. The molecule has 4 heteroatoms. The summed E-state index contributed by atoms with van der Waals surface area (Å²) in [6.07, 6.45) is 6.35. The first-order valence-corrected chi connectivity index (χ1v) is 7.47. The SMILES string of the molecule is CC1CCC(NC(=O)C(C)C2CC2)(C(N)=S)CC1. The van der Waals surface area contributed by atoms with Crippen LogP contribution in [0.1, 0.15) is 52.4 Å². The molecule has 18 heavy (non-hydrogen) atoms. The van der Waals surface area contributed by atoms with Gasteiger partial charge < -0.3 is 11.1 Å². The highest BCUT2D eigenvalue weighted by molar-refractivity contribution is 7.80. The molecule has 102 valence electrons. The molecule has 2 aliphatic rings. The minimum atomic E-state index is -0.415. The van der Waals surface area contributed by atoms with Gasteiger partial charge in [-0.2, -0.15) is 0 Å². The molecule has 2 saturated carbocycles. The molecule has 0 spiro atoms. The highest BCUT2D eigenvalue weighted by atomic mass is 32.1. The first-order chi connectivity index (χ1) is 8.44. The number of rotatable bonds is 4. The van der Waals surface area contributed by atoms with E-state index < -0.39 is 5.54 Å². The quantitative estimate of drug-likeness (QED) is 0.770. The molecule has 3 N–H and O–H groups in total. The largest absolute Gasteiger partial charge is 0.391 e. The Morgan fingerprint density at radius 1 is 1.33 bits per heavy atom. The van der Waals surface area contributed by atoms with Gasteiger partial charge in [-0.05, 0) is 50.4 Å². The molecule has 0 aromatic rings. The van der Waals surface area contributed by atoms with Crippen LogP contribution < -0.4 is 11.1 Å². The van der Waals surface area contributed by atoms with Crippen molar-refractivity contribution >= 4 is 23.1 Å². The normalized spacial score (nSPS) is 33.8. The molecule has 0 aliphatic heterocycles. The molecule has 2 aliphatic carbocycles. The van der Waals surface area contributed by atoms with Crippen LogP contribution in [-0.2, 0) is 4.79 Å². The van der Waals surface area contributed by atoms with E-state index in [2.05, 4.69) is 12.2 Å². The Balaban J connectivity index is 2.01. The van der Waals surface area contributed by atoms with Crippen molar-refractivity contribution < 1.29 is 4.79 Å². The Bertz CT molecular complexity index is 344. The summed E-state index contributed by atoms with van der Waals surface area (Å²) in [5.41, 5.74) is 5.49. The average molecular weight is 268 g/mol. The van der Waals surface area contributed by atoms with Crippen LogP contribution in [0.3, 0.4) is 0 Å². The Morgan fingerprint density at radius 3 is 2.33 bits per heavy atom. The summed E-state index contributed by atoms with van der Waals surface area (Å²) in [6, 6.07) is 0. The smallest absolute Gasteiger partial charge is 0.223 e. The predicted molar refractivity (Wildman–Crippen MR) is 77.2 cm³/mol. The predicted octanol–water partition coefficient (Wildman–Crippen LogP) is 2.38. The van der Waals surface area contributed by atoms with Crippen LogP contribution in [0.15, 0.2) is 0 Å². The summed E-state index contributed by atoms with van der Waals surface area (Å²) in [5, 5.41) is 3.17. The molecule has 3 nitrogen and oxygen atoms in total. The molecule has 1 atom stereocenters. The molecular weight excluding hydrogens is 244 g/mol. The maximum Gasteiger partial charge on any atom is 0.223 e. The second-order valence-electron chi connectivity index (χ2n) is 6.24. The fourth-order valence-electron chi connectivity index (χ4n) is 2.85. The fourth-order valence-corrected chi connectivity index (χ4v) is 3.10. The lowest BCUT2D eigenvalue weighted by atomic mass is 9.76. The third-order valence-electron chi connectivity index (χ3n) is 4.70. The van der Waals surface area contributed by atoms with Crippen LogP contribution >= 0.6 is 12.2 Å². The number of nitrogens with one attached hydrogen (secondary N) is 1. The van der Waals surface area contributed by atoms with Crippen molar-refractivity contribution in [2.75, 3.05) is 0 Å². The second-order valence-corrected chi connectivity index (χ2v) is 6.68. The Kier molecular flexibility index (Phi) is 3.95. The summed E-state index contributed by atoms with van der Waals surface area (Å²) < 4.78 is 0. The number of carbonyl (C=O) groups excluding carboxylic acids is 1. The van der Waals surface area contributed by atoms with Crippen LogP contribution in [0.2, 0.25) is 0 Å². The Morgan fingerprint density at radius 2 is 1.89 bits per heavy atom. The zero-order valence-corrected chi connectivity index (χ0v) is 12.2. The zero-order valence-electron chi connectivity index (χ0n) is 11.4. The van der Waals surface area contributed by atoms with E-state index in [-0.39, 0.29) is 11.8 Å². The van der Waals surface area contributed by atoms with Crippen molar-refractivity contribution in [3.8, 4) is 0 Å². The van der Waals surface area contributed by atoms with E-state index in [1.54, 1.807) is 0 Å². The summed E-state index contributed by atoms with van der Waals surface area (Å²) >= 11 is 5.22. The summed E-state index contributed by atoms with van der Waals surface area (Å²) in [4.78, 5) is 12.7. The molecule has 2 rings (SSSR count). The number of thiocarbonyl (C=S) groups is 1. The fraction of sp³-hybridized carbons (Fsp3) is 0.857. The van der Waals surface area contributed by atoms with Crippen LogP contribution in [0, 0.1) is 17.8 Å². The lowest BCUT2D eigenvalue weighted by Crippen LogP contribution is -2.59. The third-order valence-corrected chi connectivity index (χ3v) is 5.10. The van der Waals surface area contributed by atoms with E-state index in [1.807, 2.05) is 6.92 Å². The topological polar surface area (TPSA) is 55.1 Å². The molecule has 0 aromatic carbocycles. The Hall–Kier alpha value is -0.640. The van der Waals surface area contributed by atoms with E-state index in [9.17, 15) is 4.79 Å². The van der Waals surface area contributed by atoms with Gasteiger partial charge in [0.2, 0.25) is 5.91 Å². The van der Waals surface area contributed by atoms with Crippen molar-refractivity contribution in [3.63, 3.8) is 0 Å². The van der Waals surface area contributed by atoms with Crippen molar-refractivity contribution in [1.29, 1.82) is 0 Å². The number of hydrogen-bond acceptors (Lipinski definition) is 2. The summed E-state index contributed by atoms with van der Waals surface area (Å²) in [5.74, 6) is 1.54. The molecule has 1 unspecified atom stereocenters. The molecule has 1 amide bonds. The second kappa shape index (κ2) is 5.16. The monoisotopic (exact) mass is 268 g/mol. The van der Waals surface area contributed by atoms with E-state index in [0.717, 1.165) is 25.7 Å². The lowest BCUT2D eigenvalue weighted by molar-refractivity contribution is -0.126. The zero-order chi connectivity index (χ0) is 13.3. The van der Waals surface area contributed by atoms with Gasteiger partial charge in [0.25, 0.3) is 0 Å². The average Bonchev–Trinajstić information content (AvgIpc) is 3.15. The van der Waals surface area contributed by atoms with Crippen molar-refractivity contribution in [2.24, 2.45) is 23.5 Å². The van der Waals surface area contributed by atoms with Gasteiger partial charge in [0, 0.05) is 5.92 Å². The number of hydrogen-bond donors (Lipinski definition) is 2. The maximum atomic E-state index is 12.3. The van der Waals surface area contributed by atoms with Gasteiger partial charge >= 0.3 is 0 Å². The van der Waals surface area contributed by atoms with Gasteiger partial charge in [0.15, 0.2) is 0 Å². The maximum absolute atomic E-state index is 12.3. The van der Waals surface area contributed by atoms with Crippen LogP contribution in [-0.4, -0.2) is 16.4 Å². The highest BCUT2D eigenvalue weighted by Gasteiger charge is 2.41. The molecule has 2 fully saturated rings. The number of amides is 1. The molecule has 0 heterocycles. The van der Waals surface area contributed by atoms with Crippen molar-refractivity contribution in [1.82, 2.24) is 5.32 Å². The minimum absolute atomic E-state index is 0.107. The van der Waals surface area contributed by atoms with E-state index in [1.165, 1.54) is 12.8 Å². The molecule has 0 saturated heterocycles. The van der Waals surface area contributed by atoms with Gasteiger partial charge in [0.1, 0.15) is 0 Å². The van der Waals surface area contributed by atoms with Crippen molar-refractivity contribution in [3.05, 3.63) is 0 Å². The van der Waals surface area contributed by atoms with Gasteiger partial charge in [-0.3, -0.25) is 4.79 Å². The van der Waals surface area contributed by atoms with E-state index in [0.29, 0.717) is 16.8 Å². The molecule has 0 bridgehead atoms. The Labute approximate surface area is 115 Å². The van der Waals surface area contributed by atoms with Crippen LogP contribution in [0.4, 0.5) is 0 Å². The van der Waals surface area contributed by atoms with Gasteiger partial charge in [-0.1, -0.05) is 26.1 Å². The van der Waals surface area contributed by atoms with Gasteiger partial charge in [-0.15, -0.1) is 0 Å². The standard InChI is InChI=1S/C14H24N2OS/c1-9-5-7-14(8-6-9,13(15)18)16-12(17)10(2)11-3-4-11/h9-11H,3-8H2,1-2H3,(H2,15,18)(H,16,17). The minimum Gasteiger partial charge on any atom is -0.391 e. The van der Waals surface area contributed by atoms with Gasteiger partial charge in [-0.25, -0.2) is 0 Å². The first kappa shape index (κ1) is 13.8. The third kappa shape index (κ3) is 2.85. The van der Waals surface area contributed by atoms with E-state index >= 15 is 0 Å². The van der Waals surface area contributed by atoms with E-state index in [4.69, 9.17) is 18.0 Å². The highest BCUT2D eigenvalue weighted by Crippen LogP contribution is 2.38. The van der Waals surface area contributed by atoms with Crippen LogP contribution in [0.25, 0.3) is 0 Å². The first-order valence-electron chi connectivity index (χ1n) is 7.06.